The lowest BCUT2D eigenvalue weighted by molar-refractivity contribution is 0.294. The fraction of sp³-hybridized carbons (Fsp3) is 1.00. The van der Waals surface area contributed by atoms with Crippen LogP contribution in [0.25, 0.3) is 0 Å². The van der Waals surface area contributed by atoms with Crippen LogP contribution in [-0.4, -0.2) is 55.8 Å². The minimum atomic E-state index is -3.33. The van der Waals surface area contributed by atoms with Gasteiger partial charge in [-0.05, 0) is 45.6 Å². The van der Waals surface area contributed by atoms with E-state index in [4.69, 9.17) is 0 Å². The molecule has 1 rings (SSSR count). The van der Waals surface area contributed by atoms with Crippen molar-refractivity contribution in [3.63, 3.8) is 0 Å². The molecule has 0 spiro atoms. The van der Waals surface area contributed by atoms with E-state index >= 15 is 0 Å². The molecule has 1 fully saturated rings. The van der Waals surface area contributed by atoms with E-state index in [0.717, 1.165) is 32.2 Å². The van der Waals surface area contributed by atoms with Gasteiger partial charge in [0.2, 0.25) is 0 Å². The van der Waals surface area contributed by atoms with Crippen LogP contribution in [0, 0.1) is 0 Å². The summed E-state index contributed by atoms with van der Waals surface area (Å²) in [6.45, 7) is 8.24. The fourth-order valence-corrected chi connectivity index (χ4v) is 3.95. The van der Waals surface area contributed by atoms with E-state index in [1.807, 2.05) is 13.8 Å². The molecular formula is C15H33N3O2S. The molecule has 1 unspecified atom stereocenters. The summed E-state index contributed by atoms with van der Waals surface area (Å²) >= 11 is 0. The Morgan fingerprint density at radius 1 is 1.19 bits per heavy atom. The van der Waals surface area contributed by atoms with E-state index in [2.05, 4.69) is 12.2 Å². The van der Waals surface area contributed by atoms with Gasteiger partial charge in [-0.2, -0.15) is 17.0 Å². The standard InChI is InChI=1S/C15H33N3O2S/c1-5-7-13-18(14(3)6-2)21(19,20)17(4)12-8-11-16-15-9-10-15/h14-16H,5-13H2,1-4H3. The molecule has 0 aromatic rings. The van der Waals surface area contributed by atoms with Crippen molar-refractivity contribution in [3.8, 4) is 0 Å². The third-order valence-corrected chi connectivity index (χ3v) is 6.27. The smallest absolute Gasteiger partial charge is 0.281 e. The van der Waals surface area contributed by atoms with Gasteiger partial charge in [0.25, 0.3) is 10.2 Å². The molecule has 126 valence electrons. The van der Waals surface area contributed by atoms with Gasteiger partial charge in [0.15, 0.2) is 0 Å². The topological polar surface area (TPSA) is 52.7 Å². The van der Waals surface area contributed by atoms with Crippen LogP contribution in [0.15, 0.2) is 0 Å². The van der Waals surface area contributed by atoms with Crippen LogP contribution in [-0.2, 0) is 10.2 Å². The molecule has 0 bridgehead atoms. The molecule has 0 heterocycles. The first-order valence-electron chi connectivity index (χ1n) is 8.39. The van der Waals surface area contributed by atoms with Crippen molar-refractivity contribution in [2.24, 2.45) is 0 Å². The quantitative estimate of drug-likeness (QED) is 0.561. The monoisotopic (exact) mass is 319 g/mol. The largest absolute Gasteiger partial charge is 0.314 e. The van der Waals surface area contributed by atoms with Gasteiger partial charge in [0, 0.05) is 32.2 Å². The second kappa shape index (κ2) is 9.08. The van der Waals surface area contributed by atoms with Crippen molar-refractivity contribution in [1.29, 1.82) is 0 Å². The van der Waals surface area contributed by atoms with Crippen LogP contribution < -0.4 is 5.32 Å². The van der Waals surface area contributed by atoms with Crippen molar-refractivity contribution in [2.75, 3.05) is 26.7 Å². The molecule has 0 aromatic carbocycles. The molecule has 1 saturated carbocycles. The summed E-state index contributed by atoms with van der Waals surface area (Å²) in [7, 11) is -1.63. The Morgan fingerprint density at radius 2 is 1.86 bits per heavy atom. The van der Waals surface area contributed by atoms with Crippen molar-refractivity contribution < 1.29 is 8.42 Å². The average molecular weight is 320 g/mol. The lowest BCUT2D eigenvalue weighted by Gasteiger charge is -2.31. The van der Waals surface area contributed by atoms with Gasteiger partial charge < -0.3 is 5.32 Å². The van der Waals surface area contributed by atoms with Gasteiger partial charge in [0.05, 0.1) is 0 Å². The summed E-state index contributed by atoms with van der Waals surface area (Å²) in [6.07, 6.45) is 6.19. The Balaban J connectivity index is 2.50. The zero-order valence-electron chi connectivity index (χ0n) is 14.1. The minimum Gasteiger partial charge on any atom is -0.314 e. The second-order valence-corrected chi connectivity index (χ2v) is 8.12. The minimum absolute atomic E-state index is 0.0635. The van der Waals surface area contributed by atoms with Crippen molar-refractivity contribution >= 4 is 10.2 Å². The number of hydrogen-bond acceptors (Lipinski definition) is 3. The van der Waals surface area contributed by atoms with Gasteiger partial charge in [-0.25, -0.2) is 0 Å². The molecule has 21 heavy (non-hydrogen) atoms. The maximum Gasteiger partial charge on any atom is 0.281 e. The molecule has 1 aliphatic rings. The van der Waals surface area contributed by atoms with E-state index < -0.39 is 10.2 Å². The number of nitrogens with one attached hydrogen (secondary N) is 1. The van der Waals surface area contributed by atoms with E-state index in [0.29, 0.717) is 19.1 Å². The predicted molar refractivity (Wildman–Crippen MR) is 88.6 cm³/mol. The molecule has 0 saturated heterocycles. The van der Waals surface area contributed by atoms with Crippen LogP contribution in [0.4, 0.5) is 0 Å². The summed E-state index contributed by atoms with van der Waals surface area (Å²) in [5.41, 5.74) is 0. The Hall–Kier alpha value is -0.170. The molecule has 1 N–H and O–H groups in total. The first kappa shape index (κ1) is 18.9. The molecule has 6 heteroatoms. The summed E-state index contributed by atoms with van der Waals surface area (Å²) in [5.74, 6) is 0. The molecule has 0 radical (unpaired) electrons. The number of unbranched alkanes of at least 4 members (excludes halogenated alkanes) is 1. The van der Waals surface area contributed by atoms with Crippen molar-refractivity contribution in [1.82, 2.24) is 13.9 Å². The molecule has 5 nitrogen and oxygen atoms in total. The van der Waals surface area contributed by atoms with E-state index in [-0.39, 0.29) is 6.04 Å². The van der Waals surface area contributed by atoms with Crippen LogP contribution in [0.5, 0.6) is 0 Å². The van der Waals surface area contributed by atoms with Crippen LogP contribution >= 0.6 is 0 Å². The fourth-order valence-electron chi connectivity index (χ4n) is 2.27. The highest BCUT2D eigenvalue weighted by Gasteiger charge is 2.29. The highest BCUT2D eigenvalue weighted by molar-refractivity contribution is 7.86. The van der Waals surface area contributed by atoms with Crippen molar-refractivity contribution in [3.05, 3.63) is 0 Å². The highest BCUT2D eigenvalue weighted by atomic mass is 32.2. The zero-order chi connectivity index (χ0) is 15.9. The normalized spacial score (nSPS) is 17.6. The zero-order valence-corrected chi connectivity index (χ0v) is 15.0. The van der Waals surface area contributed by atoms with Crippen LogP contribution in [0.3, 0.4) is 0 Å². The van der Waals surface area contributed by atoms with Crippen molar-refractivity contribution in [2.45, 2.75) is 71.4 Å². The van der Waals surface area contributed by atoms with Gasteiger partial charge >= 0.3 is 0 Å². The maximum absolute atomic E-state index is 12.7. The molecule has 1 aliphatic carbocycles. The predicted octanol–water partition coefficient (Wildman–Crippen LogP) is 2.21. The van der Waals surface area contributed by atoms with E-state index in [1.165, 1.54) is 17.1 Å². The summed E-state index contributed by atoms with van der Waals surface area (Å²) < 4.78 is 28.6. The Bertz CT molecular complexity index is 382. The molecular weight excluding hydrogens is 286 g/mol. The highest BCUT2D eigenvalue weighted by Crippen LogP contribution is 2.18. The molecule has 0 aromatic heterocycles. The van der Waals surface area contributed by atoms with Gasteiger partial charge in [0.1, 0.15) is 0 Å². The van der Waals surface area contributed by atoms with E-state index in [1.54, 1.807) is 11.4 Å². The summed E-state index contributed by atoms with van der Waals surface area (Å²) in [4.78, 5) is 0. The number of nitrogens with zero attached hydrogens (tertiary/aromatic N) is 2. The molecule has 1 atom stereocenters. The van der Waals surface area contributed by atoms with Crippen LogP contribution in [0.2, 0.25) is 0 Å². The molecule has 0 amide bonds. The lowest BCUT2D eigenvalue weighted by Crippen LogP contribution is -2.47. The average Bonchev–Trinajstić information content (AvgIpc) is 3.27. The van der Waals surface area contributed by atoms with E-state index in [9.17, 15) is 8.42 Å². The summed E-state index contributed by atoms with van der Waals surface area (Å²) in [6, 6.07) is 0.752. The Kier molecular flexibility index (Phi) is 8.16. The lowest BCUT2D eigenvalue weighted by atomic mass is 10.2. The number of hydrogen-bond donors (Lipinski definition) is 1. The first-order chi connectivity index (χ1) is 9.93. The SMILES string of the molecule is CCCCN(C(C)CC)S(=O)(=O)N(C)CCCNC1CC1. The Labute approximate surface area is 131 Å². The van der Waals surface area contributed by atoms with Gasteiger partial charge in [-0.1, -0.05) is 20.3 Å². The summed E-state index contributed by atoms with van der Waals surface area (Å²) in [5, 5.41) is 3.43. The first-order valence-corrected chi connectivity index (χ1v) is 9.79. The molecule has 0 aliphatic heterocycles. The Morgan fingerprint density at radius 3 is 2.38 bits per heavy atom. The van der Waals surface area contributed by atoms with Crippen LogP contribution in [0.1, 0.15) is 59.3 Å². The second-order valence-electron chi connectivity index (χ2n) is 6.13. The van der Waals surface area contributed by atoms with Gasteiger partial charge in [-0.15, -0.1) is 0 Å². The number of rotatable bonds is 12. The third-order valence-electron chi connectivity index (χ3n) is 4.16. The third kappa shape index (κ3) is 6.22. The van der Waals surface area contributed by atoms with Gasteiger partial charge in [-0.3, -0.25) is 0 Å². The maximum atomic E-state index is 12.7.